The molecule has 2 bridgehead atoms. The van der Waals surface area contributed by atoms with Gasteiger partial charge in [-0.15, -0.1) is 11.3 Å². The van der Waals surface area contributed by atoms with E-state index in [1.54, 1.807) is 7.11 Å². The van der Waals surface area contributed by atoms with Crippen LogP contribution in [-0.4, -0.2) is 31.6 Å². The van der Waals surface area contributed by atoms with Gasteiger partial charge in [-0.25, -0.2) is 0 Å². The van der Waals surface area contributed by atoms with Crippen molar-refractivity contribution in [1.82, 2.24) is 10.6 Å². The van der Waals surface area contributed by atoms with Crippen LogP contribution in [0.1, 0.15) is 22.5 Å². The lowest BCUT2D eigenvalue weighted by molar-refractivity contribution is 0.0929. The van der Waals surface area contributed by atoms with E-state index in [1.165, 1.54) is 17.8 Å². The van der Waals surface area contributed by atoms with E-state index in [0.29, 0.717) is 18.0 Å². The zero-order chi connectivity index (χ0) is 15.8. The van der Waals surface area contributed by atoms with Gasteiger partial charge in [0.2, 0.25) is 0 Å². The average molecular weight is 328 g/mol. The number of nitrogens with one attached hydrogen (secondary N) is 2. The summed E-state index contributed by atoms with van der Waals surface area (Å²) in [6.45, 7) is 1.03. The molecule has 120 valence electrons. The minimum absolute atomic E-state index is 0.0497. The second-order valence-electron chi connectivity index (χ2n) is 6.28. The molecule has 1 saturated carbocycles. The lowest BCUT2D eigenvalue weighted by Crippen LogP contribution is -2.43. The number of hydrogen-bond donors (Lipinski definition) is 2. The van der Waals surface area contributed by atoms with Gasteiger partial charge >= 0.3 is 0 Å². The van der Waals surface area contributed by atoms with Gasteiger partial charge in [0.1, 0.15) is 5.75 Å². The number of carbonyl (C=O) groups excluding carboxylic acids is 1. The molecule has 2 fully saturated rings. The monoisotopic (exact) mass is 328 g/mol. The molecule has 3 atom stereocenters. The van der Waals surface area contributed by atoms with Gasteiger partial charge in [0.15, 0.2) is 0 Å². The van der Waals surface area contributed by atoms with Crippen LogP contribution in [0.15, 0.2) is 36.4 Å². The molecule has 1 aliphatic heterocycles. The molecule has 1 aliphatic carbocycles. The Morgan fingerprint density at radius 3 is 2.87 bits per heavy atom. The molecule has 1 amide bonds. The van der Waals surface area contributed by atoms with Crippen molar-refractivity contribution in [2.24, 2.45) is 5.92 Å². The smallest absolute Gasteiger partial charge is 0.261 e. The summed E-state index contributed by atoms with van der Waals surface area (Å²) in [7, 11) is 1.67. The van der Waals surface area contributed by atoms with E-state index in [2.05, 4.69) is 10.6 Å². The van der Waals surface area contributed by atoms with Crippen LogP contribution in [0.4, 0.5) is 0 Å². The molecule has 1 saturated heterocycles. The molecule has 3 unspecified atom stereocenters. The predicted molar refractivity (Wildman–Crippen MR) is 92.1 cm³/mol. The first-order chi connectivity index (χ1) is 11.2. The molecule has 4 rings (SSSR count). The van der Waals surface area contributed by atoms with Crippen molar-refractivity contribution in [2.45, 2.75) is 24.9 Å². The van der Waals surface area contributed by atoms with Crippen molar-refractivity contribution in [3.63, 3.8) is 0 Å². The lowest BCUT2D eigenvalue weighted by Gasteiger charge is -2.23. The molecule has 1 aromatic heterocycles. The zero-order valence-electron chi connectivity index (χ0n) is 13.0. The highest BCUT2D eigenvalue weighted by Crippen LogP contribution is 2.35. The maximum atomic E-state index is 12.5. The molecule has 5 heteroatoms. The SMILES string of the molecule is COc1ccccc1-c1ccc(C(=O)NC2CC3CC2CN3)s1. The first-order valence-electron chi connectivity index (χ1n) is 8.02. The fourth-order valence-corrected chi connectivity index (χ4v) is 4.64. The highest BCUT2D eigenvalue weighted by molar-refractivity contribution is 7.17. The molecule has 0 radical (unpaired) electrons. The highest BCUT2D eigenvalue weighted by Gasteiger charge is 2.40. The van der Waals surface area contributed by atoms with Gasteiger partial charge in [-0.1, -0.05) is 12.1 Å². The van der Waals surface area contributed by atoms with E-state index < -0.39 is 0 Å². The van der Waals surface area contributed by atoms with Crippen LogP contribution in [0.2, 0.25) is 0 Å². The van der Waals surface area contributed by atoms with E-state index >= 15 is 0 Å². The summed E-state index contributed by atoms with van der Waals surface area (Å²) in [5.74, 6) is 1.48. The molecule has 2 heterocycles. The Kier molecular flexibility index (Phi) is 3.83. The Morgan fingerprint density at radius 2 is 2.13 bits per heavy atom. The van der Waals surface area contributed by atoms with Crippen molar-refractivity contribution in [3.05, 3.63) is 41.3 Å². The topological polar surface area (TPSA) is 50.4 Å². The standard InChI is InChI=1S/C18H20N2O2S/c1-22-15-5-3-2-4-13(15)16-6-7-17(23-16)18(21)20-14-9-12-8-11(14)10-19-12/h2-7,11-12,14,19H,8-10H2,1H3,(H,20,21). The van der Waals surface area contributed by atoms with Crippen molar-refractivity contribution in [1.29, 1.82) is 0 Å². The Labute approximate surface area is 139 Å². The van der Waals surface area contributed by atoms with Crippen LogP contribution >= 0.6 is 11.3 Å². The van der Waals surface area contributed by atoms with Gasteiger partial charge in [0.05, 0.1) is 12.0 Å². The summed E-state index contributed by atoms with van der Waals surface area (Å²) in [5, 5.41) is 6.69. The first kappa shape index (κ1) is 14.7. The fraction of sp³-hybridized carbons (Fsp3) is 0.389. The second-order valence-corrected chi connectivity index (χ2v) is 7.36. The number of carbonyl (C=O) groups is 1. The number of hydrogen-bond acceptors (Lipinski definition) is 4. The quantitative estimate of drug-likeness (QED) is 0.907. The van der Waals surface area contributed by atoms with Crippen LogP contribution in [0.25, 0.3) is 10.4 Å². The molecule has 2 aromatic rings. The van der Waals surface area contributed by atoms with Gasteiger partial charge in [-0.2, -0.15) is 0 Å². The maximum absolute atomic E-state index is 12.5. The lowest BCUT2D eigenvalue weighted by atomic mass is 10.0. The third kappa shape index (κ3) is 2.75. The van der Waals surface area contributed by atoms with Crippen molar-refractivity contribution in [3.8, 4) is 16.2 Å². The number of ether oxygens (including phenoxy) is 1. The number of para-hydroxylation sites is 1. The van der Waals surface area contributed by atoms with Gasteiger partial charge in [0.25, 0.3) is 5.91 Å². The summed E-state index contributed by atoms with van der Waals surface area (Å²) in [4.78, 5) is 14.3. The summed E-state index contributed by atoms with van der Waals surface area (Å²) in [6.07, 6.45) is 2.25. The number of methoxy groups -OCH3 is 1. The van der Waals surface area contributed by atoms with Crippen molar-refractivity contribution < 1.29 is 9.53 Å². The predicted octanol–water partition coefficient (Wildman–Crippen LogP) is 2.90. The van der Waals surface area contributed by atoms with Gasteiger partial charge in [-0.3, -0.25) is 4.79 Å². The number of thiophene rings is 1. The second kappa shape index (κ2) is 5.98. The molecule has 0 spiro atoms. The number of benzene rings is 1. The molecule has 2 aliphatic rings. The number of rotatable bonds is 4. The summed E-state index contributed by atoms with van der Waals surface area (Å²) >= 11 is 1.52. The Balaban J connectivity index is 1.50. The summed E-state index contributed by atoms with van der Waals surface area (Å²) in [6, 6.07) is 12.7. The number of amides is 1. The van der Waals surface area contributed by atoms with Gasteiger partial charge in [0, 0.05) is 29.1 Å². The molecule has 2 N–H and O–H groups in total. The minimum atomic E-state index is 0.0497. The van der Waals surface area contributed by atoms with Gasteiger partial charge < -0.3 is 15.4 Å². The van der Waals surface area contributed by atoms with E-state index in [-0.39, 0.29) is 5.91 Å². The number of piperidine rings is 1. The summed E-state index contributed by atoms with van der Waals surface area (Å²) < 4.78 is 5.41. The third-order valence-corrected chi connectivity index (χ3v) is 6.00. The molecule has 4 nitrogen and oxygen atoms in total. The average Bonchev–Trinajstić information content (AvgIpc) is 3.31. The molecule has 23 heavy (non-hydrogen) atoms. The Morgan fingerprint density at radius 1 is 1.26 bits per heavy atom. The molecular weight excluding hydrogens is 308 g/mol. The minimum Gasteiger partial charge on any atom is -0.496 e. The number of fused-ring (bicyclic) bond motifs is 2. The Hall–Kier alpha value is -1.85. The van der Waals surface area contributed by atoms with Crippen LogP contribution in [-0.2, 0) is 0 Å². The van der Waals surface area contributed by atoms with Crippen LogP contribution in [0, 0.1) is 5.92 Å². The van der Waals surface area contributed by atoms with E-state index in [9.17, 15) is 4.79 Å². The Bertz CT molecular complexity index is 727. The van der Waals surface area contributed by atoms with Crippen LogP contribution < -0.4 is 15.4 Å². The summed E-state index contributed by atoms with van der Waals surface area (Å²) in [5.41, 5.74) is 1.03. The van der Waals surface area contributed by atoms with Crippen LogP contribution in [0.3, 0.4) is 0 Å². The van der Waals surface area contributed by atoms with E-state index in [0.717, 1.165) is 34.0 Å². The van der Waals surface area contributed by atoms with E-state index in [4.69, 9.17) is 4.74 Å². The molecular formula is C18H20N2O2S. The maximum Gasteiger partial charge on any atom is 0.261 e. The largest absolute Gasteiger partial charge is 0.496 e. The fourth-order valence-electron chi connectivity index (χ4n) is 3.70. The third-order valence-electron chi connectivity index (χ3n) is 4.88. The normalized spacial score (nSPS) is 25.5. The van der Waals surface area contributed by atoms with Gasteiger partial charge in [-0.05, 0) is 43.0 Å². The van der Waals surface area contributed by atoms with Crippen molar-refractivity contribution >= 4 is 17.2 Å². The first-order valence-corrected chi connectivity index (χ1v) is 8.83. The van der Waals surface area contributed by atoms with Crippen LogP contribution in [0.5, 0.6) is 5.75 Å². The highest BCUT2D eigenvalue weighted by atomic mass is 32.1. The van der Waals surface area contributed by atoms with Crippen molar-refractivity contribution in [2.75, 3.05) is 13.7 Å². The zero-order valence-corrected chi connectivity index (χ0v) is 13.9. The van der Waals surface area contributed by atoms with E-state index in [1.807, 2.05) is 36.4 Å². The molecule has 1 aromatic carbocycles.